The van der Waals surface area contributed by atoms with E-state index in [0.717, 1.165) is 16.8 Å². The average molecular weight is 307 g/mol. The number of allylic oxidation sites excluding steroid dienone is 3. The SMILES string of the molecule is CC(C)=C(C)CC(NS(=O)(=O)c1ccc(C)cc1)=C(C)C. The second-order valence-electron chi connectivity index (χ2n) is 5.85. The average Bonchev–Trinajstić information content (AvgIpc) is 2.37. The molecule has 1 aromatic rings. The third-order valence-corrected chi connectivity index (χ3v) is 4.90. The summed E-state index contributed by atoms with van der Waals surface area (Å²) in [5.41, 5.74) is 5.15. The Balaban J connectivity index is 3.07. The van der Waals surface area contributed by atoms with Crippen LogP contribution in [-0.2, 0) is 10.0 Å². The van der Waals surface area contributed by atoms with Crippen LogP contribution in [0.5, 0.6) is 0 Å². The number of nitrogens with one attached hydrogen (secondary N) is 1. The van der Waals surface area contributed by atoms with Gasteiger partial charge in [-0.15, -0.1) is 0 Å². The van der Waals surface area contributed by atoms with Gasteiger partial charge in [0.2, 0.25) is 0 Å². The molecule has 4 heteroatoms. The van der Waals surface area contributed by atoms with Gasteiger partial charge in [0.15, 0.2) is 0 Å². The van der Waals surface area contributed by atoms with E-state index in [2.05, 4.69) is 4.72 Å². The fourth-order valence-corrected chi connectivity index (χ4v) is 2.91. The molecule has 0 unspecified atom stereocenters. The molecule has 0 aliphatic carbocycles. The first-order chi connectivity index (χ1) is 9.63. The molecule has 0 fully saturated rings. The molecular formula is C17H25NO2S. The van der Waals surface area contributed by atoms with Gasteiger partial charge in [-0.05, 0) is 53.7 Å². The molecule has 116 valence electrons. The van der Waals surface area contributed by atoms with Crippen molar-refractivity contribution >= 4 is 10.0 Å². The maximum Gasteiger partial charge on any atom is 0.261 e. The Morgan fingerprint density at radius 3 is 1.90 bits per heavy atom. The molecule has 0 saturated carbocycles. The lowest BCUT2D eigenvalue weighted by atomic mass is 10.1. The van der Waals surface area contributed by atoms with Gasteiger partial charge >= 0.3 is 0 Å². The molecule has 1 aromatic carbocycles. The molecule has 0 spiro atoms. The predicted molar refractivity (Wildman–Crippen MR) is 88.5 cm³/mol. The van der Waals surface area contributed by atoms with Gasteiger partial charge in [-0.1, -0.05) is 34.4 Å². The van der Waals surface area contributed by atoms with E-state index in [0.29, 0.717) is 11.3 Å². The van der Waals surface area contributed by atoms with Crippen molar-refractivity contribution < 1.29 is 8.42 Å². The summed E-state index contributed by atoms with van der Waals surface area (Å²) < 4.78 is 27.6. The molecule has 0 saturated heterocycles. The maximum absolute atomic E-state index is 12.4. The van der Waals surface area contributed by atoms with Gasteiger partial charge in [-0.25, -0.2) is 8.42 Å². The van der Waals surface area contributed by atoms with Crippen molar-refractivity contribution in [3.05, 3.63) is 52.2 Å². The molecule has 0 heterocycles. The van der Waals surface area contributed by atoms with Crippen molar-refractivity contribution in [1.29, 1.82) is 0 Å². The summed E-state index contributed by atoms with van der Waals surface area (Å²) in [6, 6.07) is 6.87. The Bertz CT molecular complexity index is 657. The van der Waals surface area contributed by atoms with Crippen LogP contribution in [0.2, 0.25) is 0 Å². The van der Waals surface area contributed by atoms with Crippen molar-refractivity contribution in [2.45, 2.75) is 52.9 Å². The molecule has 1 rings (SSSR count). The highest BCUT2D eigenvalue weighted by Crippen LogP contribution is 2.19. The van der Waals surface area contributed by atoms with Crippen LogP contribution in [-0.4, -0.2) is 8.42 Å². The number of hydrogen-bond donors (Lipinski definition) is 1. The quantitative estimate of drug-likeness (QED) is 0.824. The molecular weight excluding hydrogens is 282 g/mol. The lowest BCUT2D eigenvalue weighted by molar-refractivity contribution is 0.587. The molecule has 3 nitrogen and oxygen atoms in total. The van der Waals surface area contributed by atoms with Crippen LogP contribution in [0.1, 0.15) is 46.6 Å². The summed E-state index contributed by atoms with van der Waals surface area (Å²) in [5, 5.41) is 0. The first-order valence-corrected chi connectivity index (χ1v) is 8.50. The van der Waals surface area contributed by atoms with Crippen LogP contribution in [0.3, 0.4) is 0 Å². The summed E-state index contributed by atoms with van der Waals surface area (Å²) >= 11 is 0. The van der Waals surface area contributed by atoms with E-state index in [1.54, 1.807) is 24.3 Å². The molecule has 0 bridgehead atoms. The Labute approximate surface area is 128 Å². The summed E-state index contributed by atoms with van der Waals surface area (Å²) in [6.07, 6.45) is 0.621. The first-order valence-electron chi connectivity index (χ1n) is 7.02. The van der Waals surface area contributed by atoms with Crippen molar-refractivity contribution in [3.63, 3.8) is 0 Å². The molecule has 0 aromatic heterocycles. The monoisotopic (exact) mass is 307 g/mol. The first kappa shape index (κ1) is 17.5. The minimum atomic E-state index is -3.52. The van der Waals surface area contributed by atoms with E-state index in [9.17, 15) is 8.42 Å². The zero-order valence-corrected chi connectivity index (χ0v) is 14.6. The van der Waals surface area contributed by atoms with Gasteiger partial charge in [0, 0.05) is 12.1 Å². The zero-order chi connectivity index (χ0) is 16.2. The highest BCUT2D eigenvalue weighted by atomic mass is 32.2. The smallest absolute Gasteiger partial charge is 0.261 e. The highest BCUT2D eigenvalue weighted by Gasteiger charge is 2.16. The van der Waals surface area contributed by atoms with Crippen molar-refractivity contribution in [1.82, 2.24) is 4.72 Å². The Hall–Kier alpha value is -1.55. The Kier molecular flexibility index (Phi) is 5.78. The van der Waals surface area contributed by atoms with Gasteiger partial charge in [-0.3, -0.25) is 4.72 Å². The highest BCUT2D eigenvalue weighted by molar-refractivity contribution is 7.89. The molecule has 0 aliphatic rings. The Morgan fingerprint density at radius 2 is 1.48 bits per heavy atom. The lowest BCUT2D eigenvalue weighted by Crippen LogP contribution is -2.24. The lowest BCUT2D eigenvalue weighted by Gasteiger charge is -2.15. The van der Waals surface area contributed by atoms with Crippen LogP contribution in [0, 0.1) is 6.92 Å². The minimum Gasteiger partial charge on any atom is -0.283 e. The van der Waals surface area contributed by atoms with Crippen LogP contribution in [0.15, 0.2) is 51.6 Å². The van der Waals surface area contributed by atoms with E-state index < -0.39 is 10.0 Å². The van der Waals surface area contributed by atoms with Gasteiger partial charge in [0.25, 0.3) is 10.0 Å². The molecule has 0 aliphatic heterocycles. The fraction of sp³-hybridized carbons (Fsp3) is 0.412. The number of hydrogen-bond acceptors (Lipinski definition) is 2. The summed E-state index contributed by atoms with van der Waals surface area (Å²) in [6.45, 7) is 11.9. The van der Waals surface area contributed by atoms with Crippen LogP contribution < -0.4 is 4.72 Å². The summed E-state index contributed by atoms with van der Waals surface area (Å²) in [4.78, 5) is 0.293. The van der Waals surface area contributed by atoms with E-state index in [-0.39, 0.29) is 0 Å². The van der Waals surface area contributed by atoms with E-state index in [4.69, 9.17) is 0 Å². The molecule has 0 amide bonds. The number of rotatable bonds is 5. The van der Waals surface area contributed by atoms with Crippen LogP contribution in [0.4, 0.5) is 0 Å². The largest absolute Gasteiger partial charge is 0.283 e. The standard InChI is InChI=1S/C17H25NO2S/c1-12(2)15(6)11-17(13(3)4)18-21(19,20)16-9-7-14(5)8-10-16/h7-10,18H,11H2,1-6H3. The molecule has 1 N–H and O–H groups in total. The van der Waals surface area contributed by atoms with Crippen LogP contribution in [0.25, 0.3) is 0 Å². The molecule has 0 radical (unpaired) electrons. The number of sulfonamides is 1. The zero-order valence-electron chi connectivity index (χ0n) is 13.7. The molecule has 21 heavy (non-hydrogen) atoms. The second-order valence-corrected chi connectivity index (χ2v) is 7.54. The van der Waals surface area contributed by atoms with Gasteiger partial charge in [-0.2, -0.15) is 0 Å². The maximum atomic E-state index is 12.4. The van der Waals surface area contributed by atoms with Gasteiger partial charge in [0.1, 0.15) is 0 Å². The molecule has 0 atom stereocenters. The second kappa shape index (κ2) is 6.94. The summed E-state index contributed by atoms with van der Waals surface area (Å²) in [7, 11) is -3.52. The van der Waals surface area contributed by atoms with E-state index in [1.165, 1.54) is 11.1 Å². The van der Waals surface area contributed by atoms with Crippen molar-refractivity contribution in [2.24, 2.45) is 0 Å². The number of benzene rings is 1. The predicted octanol–water partition coefficient (Wildman–Crippen LogP) is 4.31. The topological polar surface area (TPSA) is 46.2 Å². The van der Waals surface area contributed by atoms with Crippen LogP contribution >= 0.6 is 0 Å². The van der Waals surface area contributed by atoms with E-state index in [1.807, 2.05) is 41.5 Å². The Morgan fingerprint density at radius 1 is 0.952 bits per heavy atom. The number of aryl methyl sites for hydroxylation is 1. The van der Waals surface area contributed by atoms with Crippen molar-refractivity contribution in [3.8, 4) is 0 Å². The summed E-state index contributed by atoms with van der Waals surface area (Å²) in [5.74, 6) is 0. The van der Waals surface area contributed by atoms with Gasteiger partial charge in [0.05, 0.1) is 4.90 Å². The van der Waals surface area contributed by atoms with Gasteiger partial charge < -0.3 is 0 Å². The van der Waals surface area contributed by atoms with Crippen molar-refractivity contribution in [2.75, 3.05) is 0 Å². The minimum absolute atomic E-state index is 0.293. The normalized spacial score (nSPS) is 11.0. The third kappa shape index (κ3) is 5.05. The van der Waals surface area contributed by atoms with E-state index >= 15 is 0 Å². The third-order valence-electron chi connectivity index (χ3n) is 3.49. The fourth-order valence-electron chi connectivity index (χ4n) is 1.70.